The van der Waals surface area contributed by atoms with Crippen molar-refractivity contribution >= 4 is 0 Å². The monoisotopic (exact) mass is 1590 g/mol. The molecule has 21 unspecified atom stereocenters. The molecule has 16 bridgehead atoms. The van der Waals surface area contributed by atoms with Crippen LogP contribution in [0.1, 0.15) is 34.6 Å². The summed E-state index contributed by atoms with van der Waals surface area (Å²) < 4.78 is 124. The lowest BCUT2D eigenvalue weighted by Crippen LogP contribution is -2.69. The molecule has 30 aliphatic heterocycles. The Morgan fingerprint density at radius 3 is 0.435 bits per heavy atom. The Balaban J connectivity index is 1.05. The summed E-state index contributed by atoms with van der Waals surface area (Å²) in [4.78, 5) is 0. The first-order valence-corrected chi connectivity index (χ1v) is 35.7. The summed E-state index contributed by atoms with van der Waals surface area (Å²) in [5.74, 6) is 0. The zero-order chi connectivity index (χ0) is 79.0. The van der Waals surface area contributed by atoms with Gasteiger partial charge in [-0.05, 0) is 34.6 Å². The molecule has 45 nitrogen and oxygen atoms in total. The molecule has 0 aromatic rings. The quantitative estimate of drug-likeness (QED) is 0.0452. The average Bonchev–Trinajstić information content (AvgIpc) is 0.775. The predicted molar refractivity (Wildman–Crippen MR) is 338 cm³/mol. The van der Waals surface area contributed by atoms with Gasteiger partial charge in [0.2, 0.25) is 0 Å². The van der Waals surface area contributed by atoms with Gasteiger partial charge in [-0.1, -0.05) is 0 Å². The van der Waals surface area contributed by atoms with Crippen LogP contribution in [0.25, 0.3) is 0 Å². The molecule has 632 valence electrons. The highest BCUT2D eigenvalue weighted by Gasteiger charge is 2.61. The number of aliphatic hydroxyl groups is 24. The zero-order valence-corrected chi connectivity index (χ0v) is 59.5. The summed E-state index contributed by atoms with van der Waals surface area (Å²) in [5, 5.41) is 272. The van der Waals surface area contributed by atoms with Crippen LogP contribution in [0.4, 0.5) is 0 Å². The lowest BCUT2D eigenvalue weighted by atomic mass is 9.94. The van der Waals surface area contributed by atoms with Gasteiger partial charge in [-0.2, -0.15) is 0 Å². The van der Waals surface area contributed by atoms with Crippen molar-refractivity contribution in [2.75, 3.05) is 85.9 Å². The van der Waals surface area contributed by atoms with Crippen molar-refractivity contribution in [2.24, 2.45) is 0 Å². The summed E-state index contributed by atoms with van der Waals surface area (Å²) in [6.45, 7) is -1.83. The van der Waals surface area contributed by atoms with E-state index in [1.807, 2.05) is 0 Å². The fourth-order valence-corrected chi connectivity index (χ4v) is 13.6. The molecule has 30 saturated heterocycles. The fourth-order valence-electron chi connectivity index (χ4n) is 13.6. The van der Waals surface area contributed by atoms with Crippen LogP contribution in [0, 0.1) is 0 Å². The highest BCUT2D eigenvalue weighted by Crippen LogP contribution is 2.40. The van der Waals surface area contributed by atoms with Gasteiger partial charge in [-0.15, -0.1) is 0 Å². The van der Waals surface area contributed by atoms with Gasteiger partial charge in [0.15, 0.2) is 50.3 Å². The Morgan fingerprint density at radius 1 is 0.194 bits per heavy atom. The van der Waals surface area contributed by atoms with Gasteiger partial charge in [-0.3, -0.25) is 0 Å². The van der Waals surface area contributed by atoms with Gasteiger partial charge in [0, 0.05) is 0 Å². The van der Waals surface area contributed by atoms with Gasteiger partial charge >= 0.3 is 0 Å². The van der Waals surface area contributed by atoms with Crippen LogP contribution >= 0.6 is 0 Å². The first-order chi connectivity index (χ1) is 51.2. The molecule has 30 aliphatic rings. The van der Waals surface area contributed by atoms with E-state index in [0.717, 1.165) is 0 Å². The number of rotatable bonds is 23. The summed E-state index contributed by atoms with van der Waals surface area (Å²) >= 11 is 0. The van der Waals surface area contributed by atoms with Crippen LogP contribution in [0.3, 0.4) is 0 Å². The van der Waals surface area contributed by atoms with Crippen molar-refractivity contribution in [2.45, 2.75) is 311 Å². The Kier molecular flexibility index (Phi) is 34.1. The van der Waals surface area contributed by atoms with Crippen LogP contribution in [0.5, 0.6) is 0 Å². The van der Waals surface area contributed by atoms with Gasteiger partial charge < -0.3 is 222 Å². The molecule has 45 heteroatoms. The molecule has 0 aliphatic carbocycles. The fraction of sp³-hybridized carbons (Fsp3) is 1.00. The third kappa shape index (κ3) is 21.7. The molecule has 0 saturated carbocycles. The topological polar surface area (TPSA) is 679 Å². The van der Waals surface area contributed by atoms with Crippen molar-refractivity contribution in [3.05, 3.63) is 0 Å². The summed E-state index contributed by atoms with van der Waals surface area (Å²) in [6, 6.07) is 0. The molecule has 0 amide bonds. The second-order valence-electron chi connectivity index (χ2n) is 28.5. The molecular formula is C63H110O45. The Bertz CT molecular complexity index is 2580. The lowest BCUT2D eigenvalue weighted by molar-refractivity contribution is -0.404. The number of ether oxygens (including phenoxy) is 21. The van der Waals surface area contributed by atoms with Gasteiger partial charge in [0.25, 0.3) is 0 Å². The minimum Gasteiger partial charge on any atom is -0.394 e. The van der Waals surface area contributed by atoms with Crippen LogP contribution in [0.2, 0.25) is 0 Å². The molecule has 30 fully saturated rings. The van der Waals surface area contributed by atoms with Crippen LogP contribution in [0.15, 0.2) is 0 Å². The smallest absolute Gasteiger partial charge is 0.187 e. The molecule has 24 N–H and O–H groups in total. The standard InChI is InChI=1S/C63H110O45/c1-19(67)9-88-14-27-51-38(78)46(86)62(99-27)108-55-31(18-92-13-23(5)71)100-63(47(87)39(55)79)107-54-30(17-91-12-22(4)70)97-60(44(84)36(54)76)103-50-26(8-66)95-58(42(82)34(50)74)105-52-28(15-89-10-20(2)68)98-61(45(85)37(52)77)106-53-29(16-90-11-21(3)69)96-59(43(83)35(53)75)102-49-25(7-65)93-56(40(80)32(49)72)101-48-24(6-64)94-57(104-51)41(81)33(48)73/h19-87H,6-18H2,1-5H3/t19?,20?,21?,22?,23?,24?,25?,26?,27?,28?,29?,30?,31?,32-,33-,34-,35-,36-,37-,38-,39-,40?,41?,42?,43?,44?,45?,46?,47?,48-,49-,50-,51-,52-,53-,54-,55-,56-,57-,58-,59-,60-,61-,62-,63-/m1/s1. The van der Waals surface area contributed by atoms with E-state index in [1.54, 1.807) is 0 Å². The summed E-state index contributed by atoms with van der Waals surface area (Å²) in [6.07, 6.45) is -87.6. The zero-order valence-electron chi connectivity index (χ0n) is 59.5. The second kappa shape index (κ2) is 40.9. The van der Waals surface area contributed by atoms with Crippen LogP contribution < -0.4 is 0 Å². The van der Waals surface area contributed by atoms with Crippen LogP contribution in [-0.2, 0) is 99.5 Å². The van der Waals surface area contributed by atoms with E-state index in [0.29, 0.717) is 0 Å². The average molecular weight is 1590 g/mol. The van der Waals surface area contributed by atoms with E-state index in [1.165, 1.54) is 34.6 Å². The molecule has 30 heterocycles. The van der Waals surface area contributed by atoms with Crippen molar-refractivity contribution in [1.82, 2.24) is 0 Å². The highest BCUT2D eigenvalue weighted by molar-refractivity contribution is 5.03. The molecule has 0 spiro atoms. The second-order valence-corrected chi connectivity index (χ2v) is 28.5. The first-order valence-electron chi connectivity index (χ1n) is 35.7. The first kappa shape index (κ1) is 90.1. The molecule has 45 atom stereocenters. The number of hydrogen-bond donors (Lipinski definition) is 24. The maximum absolute atomic E-state index is 12.0. The summed E-state index contributed by atoms with van der Waals surface area (Å²) in [7, 11) is 0. The van der Waals surface area contributed by atoms with Crippen molar-refractivity contribution in [3.8, 4) is 0 Å². The molecule has 30 rings (SSSR count). The maximum atomic E-state index is 12.0. The van der Waals surface area contributed by atoms with E-state index in [9.17, 15) is 123 Å². The van der Waals surface area contributed by atoms with Gasteiger partial charge in [0.1, 0.15) is 195 Å². The maximum Gasteiger partial charge on any atom is 0.187 e. The van der Waals surface area contributed by atoms with Crippen LogP contribution in [-0.4, -0.2) is 485 Å². The van der Waals surface area contributed by atoms with Crippen molar-refractivity contribution in [1.29, 1.82) is 0 Å². The highest BCUT2D eigenvalue weighted by atomic mass is 16.8. The van der Waals surface area contributed by atoms with E-state index in [4.69, 9.17) is 99.5 Å². The molecule has 108 heavy (non-hydrogen) atoms. The Labute approximate surface area is 617 Å². The minimum absolute atomic E-state index is 0.398. The Morgan fingerprint density at radius 2 is 0.315 bits per heavy atom. The normalized spacial score (nSPS) is 48.9. The number of aliphatic hydroxyl groups excluding tert-OH is 24. The number of hydrogen-bond acceptors (Lipinski definition) is 45. The minimum atomic E-state index is -2.28. The predicted octanol–water partition coefficient (Wildman–Crippen LogP) is -15.4. The van der Waals surface area contributed by atoms with E-state index < -0.39 is 362 Å². The molecule has 0 aromatic carbocycles. The lowest BCUT2D eigenvalue weighted by Gasteiger charge is -2.51. The summed E-state index contributed by atoms with van der Waals surface area (Å²) in [5.41, 5.74) is 0. The third-order valence-corrected chi connectivity index (χ3v) is 19.2. The largest absolute Gasteiger partial charge is 0.394 e. The van der Waals surface area contributed by atoms with Crippen molar-refractivity contribution in [3.63, 3.8) is 0 Å². The van der Waals surface area contributed by atoms with E-state index >= 15 is 0 Å². The Hall–Kier alpha value is -1.80. The van der Waals surface area contributed by atoms with Crippen molar-refractivity contribution < 1.29 is 222 Å². The third-order valence-electron chi connectivity index (χ3n) is 19.2. The van der Waals surface area contributed by atoms with Gasteiger partial charge in [-0.25, -0.2) is 0 Å². The van der Waals surface area contributed by atoms with Gasteiger partial charge in [0.05, 0.1) is 116 Å². The van der Waals surface area contributed by atoms with E-state index in [-0.39, 0.29) is 0 Å². The van der Waals surface area contributed by atoms with E-state index in [2.05, 4.69) is 0 Å². The molecule has 0 aromatic heterocycles. The molecule has 0 radical (unpaired) electrons. The molecular weight excluding hydrogens is 1480 g/mol. The SMILES string of the molecule is CC(O)COCC1O[C@@H]2O[C@@H]3C(COCC(C)O)O[C@H](O[C@@H]4C(CO)O[C@H](O[C@@H]5C(CO)O[C@H](O[C@@H]6C(COCC(C)O)O[C@H](O[C@@H]7C(COCC(C)O)O[C@H](O[C@@H]8C(COCC(C)O)O[C@H](O[C@@H]9C(CO)O[C@H](O[C@H]1[C@H](O)C2O)C(O)[C@H]9O)C(O)[C@H]8O)C(O)[C@H]7O)C(O)[C@H]6O)C(O)[C@H]5O)C(O)[C@H]4O)C(O)[C@H]3O.